The molecule has 2 heteroatoms. The normalized spacial score (nSPS) is 18.7. The number of hydrogen-bond acceptors (Lipinski definition) is 2. The van der Waals surface area contributed by atoms with Crippen molar-refractivity contribution in [3.8, 4) is 0 Å². The maximum atomic E-state index is 6.48. The van der Waals surface area contributed by atoms with Crippen molar-refractivity contribution in [1.82, 2.24) is 0 Å². The molecule has 0 saturated carbocycles. The van der Waals surface area contributed by atoms with Crippen LogP contribution in [0.2, 0.25) is 0 Å². The smallest absolute Gasteiger partial charge is 0.120 e. The predicted molar refractivity (Wildman–Crippen MR) is 93.4 cm³/mol. The maximum absolute atomic E-state index is 6.48. The Hall–Kier alpha value is -2.71. The van der Waals surface area contributed by atoms with Gasteiger partial charge in [-0.2, -0.15) is 0 Å². The molecule has 1 atom stereocenters. The first kappa shape index (κ1) is 13.9. The summed E-state index contributed by atoms with van der Waals surface area (Å²) < 4.78 is 6.48. The van der Waals surface area contributed by atoms with Gasteiger partial charge in [0, 0.05) is 11.8 Å². The molecule has 0 amide bonds. The van der Waals surface area contributed by atoms with Gasteiger partial charge in [0.2, 0.25) is 0 Å². The van der Waals surface area contributed by atoms with Crippen molar-refractivity contribution in [2.75, 3.05) is 0 Å². The Kier molecular flexibility index (Phi) is 3.75. The highest BCUT2D eigenvalue weighted by molar-refractivity contribution is 6.09. The lowest BCUT2D eigenvalue weighted by molar-refractivity contribution is 0.0725. The standard InChI is InChI=1S/C21H17NO/c1-3-8-17(9-4-1)21(18-10-5-2-6-11-18)23-19-13-7-12-16-14-15-22-20(16)19/h1-15,19,21H/t19-/m1/s1. The Balaban J connectivity index is 1.67. The lowest BCUT2D eigenvalue weighted by atomic mass is 9.98. The molecule has 0 bridgehead atoms. The van der Waals surface area contributed by atoms with Crippen molar-refractivity contribution in [2.45, 2.75) is 12.2 Å². The highest BCUT2D eigenvalue weighted by Crippen LogP contribution is 2.30. The largest absolute Gasteiger partial charge is 0.355 e. The maximum Gasteiger partial charge on any atom is 0.120 e. The van der Waals surface area contributed by atoms with Crippen LogP contribution in [0.4, 0.5) is 0 Å². The summed E-state index contributed by atoms with van der Waals surface area (Å²) in [4.78, 5) is 4.47. The van der Waals surface area contributed by atoms with Crippen molar-refractivity contribution in [1.29, 1.82) is 0 Å². The van der Waals surface area contributed by atoms with E-state index in [0.29, 0.717) is 0 Å². The van der Waals surface area contributed by atoms with E-state index in [2.05, 4.69) is 41.4 Å². The van der Waals surface area contributed by atoms with Crippen LogP contribution in [-0.4, -0.2) is 11.8 Å². The highest BCUT2D eigenvalue weighted by atomic mass is 16.5. The third-order valence-electron chi connectivity index (χ3n) is 4.08. The first-order valence-electron chi connectivity index (χ1n) is 7.80. The number of aliphatic imine (C=N–C) groups is 1. The zero-order valence-electron chi connectivity index (χ0n) is 12.7. The van der Waals surface area contributed by atoms with Crippen LogP contribution in [0.1, 0.15) is 17.2 Å². The molecule has 2 nitrogen and oxygen atoms in total. The quantitative estimate of drug-likeness (QED) is 0.807. The molecule has 0 aromatic heterocycles. The minimum Gasteiger partial charge on any atom is -0.355 e. The molecule has 0 fully saturated rings. The van der Waals surface area contributed by atoms with Crippen LogP contribution >= 0.6 is 0 Å². The van der Waals surface area contributed by atoms with E-state index in [1.54, 1.807) is 0 Å². The van der Waals surface area contributed by atoms with Gasteiger partial charge in [0.05, 0.1) is 5.71 Å². The fourth-order valence-corrected chi connectivity index (χ4v) is 2.95. The molecule has 1 aliphatic heterocycles. The van der Waals surface area contributed by atoms with Crippen LogP contribution in [0, 0.1) is 0 Å². The Morgan fingerprint density at radius 1 is 0.870 bits per heavy atom. The molecular formula is C21H17NO. The molecule has 1 aliphatic carbocycles. The third-order valence-corrected chi connectivity index (χ3v) is 4.08. The van der Waals surface area contributed by atoms with Crippen LogP contribution < -0.4 is 0 Å². The average Bonchev–Trinajstić information content (AvgIpc) is 3.11. The minimum absolute atomic E-state index is 0.116. The van der Waals surface area contributed by atoms with Gasteiger partial charge < -0.3 is 4.74 Å². The Labute approximate surface area is 136 Å². The van der Waals surface area contributed by atoms with E-state index in [1.807, 2.05) is 54.8 Å². The van der Waals surface area contributed by atoms with Crippen LogP contribution in [0.15, 0.2) is 102 Å². The molecule has 0 radical (unpaired) electrons. The number of benzene rings is 2. The first-order chi connectivity index (χ1) is 11.4. The van der Waals surface area contributed by atoms with Gasteiger partial charge in [-0.05, 0) is 23.3 Å². The first-order valence-corrected chi connectivity index (χ1v) is 7.80. The van der Waals surface area contributed by atoms with Crippen molar-refractivity contribution >= 4 is 5.71 Å². The van der Waals surface area contributed by atoms with Gasteiger partial charge in [-0.15, -0.1) is 0 Å². The molecular weight excluding hydrogens is 282 g/mol. The lowest BCUT2D eigenvalue weighted by Gasteiger charge is -2.25. The number of ether oxygens (including phenoxy) is 1. The van der Waals surface area contributed by atoms with Crippen LogP contribution in [0.25, 0.3) is 0 Å². The van der Waals surface area contributed by atoms with E-state index >= 15 is 0 Å². The molecule has 2 aromatic carbocycles. The average molecular weight is 299 g/mol. The summed E-state index contributed by atoms with van der Waals surface area (Å²) in [6.07, 6.45) is 9.79. The number of allylic oxidation sites excluding steroid dienone is 3. The topological polar surface area (TPSA) is 21.6 Å². The summed E-state index contributed by atoms with van der Waals surface area (Å²) in [7, 11) is 0. The van der Waals surface area contributed by atoms with Gasteiger partial charge in [-0.3, -0.25) is 4.99 Å². The molecule has 0 N–H and O–H groups in total. The van der Waals surface area contributed by atoms with E-state index in [0.717, 1.165) is 22.4 Å². The molecule has 112 valence electrons. The second kappa shape index (κ2) is 6.19. The van der Waals surface area contributed by atoms with Gasteiger partial charge in [-0.25, -0.2) is 0 Å². The molecule has 0 unspecified atom stereocenters. The number of nitrogens with zero attached hydrogens (tertiary/aromatic N) is 1. The summed E-state index contributed by atoms with van der Waals surface area (Å²) in [6.45, 7) is 0. The molecule has 1 heterocycles. The van der Waals surface area contributed by atoms with Crippen LogP contribution in [-0.2, 0) is 4.74 Å². The van der Waals surface area contributed by atoms with Gasteiger partial charge in [0.1, 0.15) is 12.2 Å². The summed E-state index contributed by atoms with van der Waals surface area (Å²) >= 11 is 0. The number of hydrogen-bond donors (Lipinski definition) is 0. The van der Waals surface area contributed by atoms with E-state index < -0.39 is 0 Å². The SMILES string of the molecule is C1=C[C@@H](OC(c2ccccc2)c2ccccc2)C2=NC=CC2=C1. The van der Waals surface area contributed by atoms with Crippen LogP contribution in [0.5, 0.6) is 0 Å². The zero-order chi connectivity index (χ0) is 15.5. The summed E-state index contributed by atoms with van der Waals surface area (Å²) in [5.74, 6) is 0. The van der Waals surface area contributed by atoms with E-state index in [4.69, 9.17) is 4.74 Å². The monoisotopic (exact) mass is 299 g/mol. The second-order valence-corrected chi connectivity index (χ2v) is 5.60. The Morgan fingerprint density at radius 3 is 2.17 bits per heavy atom. The third kappa shape index (κ3) is 2.81. The Bertz CT molecular complexity index is 761. The predicted octanol–water partition coefficient (Wildman–Crippen LogP) is 4.63. The zero-order valence-corrected chi connectivity index (χ0v) is 12.7. The van der Waals surface area contributed by atoms with Crippen LogP contribution in [0.3, 0.4) is 0 Å². The van der Waals surface area contributed by atoms with E-state index in [1.165, 1.54) is 0 Å². The minimum atomic E-state index is -0.129. The lowest BCUT2D eigenvalue weighted by Crippen LogP contribution is -2.26. The molecule has 23 heavy (non-hydrogen) atoms. The number of fused-ring (bicyclic) bond motifs is 1. The van der Waals surface area contributed by atoms with Gasteiger partial charge in [0.15, 0.2) is 0 Å². The second-order valence-electron chi connectivity index (χ2n) is 5.60. The molecule has 2 aliphatic rings. The summed E-state index contributed by atoms with van der Waals surface area (Å²) in [6, 6.07) is 20.7. The highest BCUT2D eigenvalue weighted by Gasteiger charge is 2.26. The van der Waals surface area contributed by atoms with Gasteiger partial charge in [-0.1, -0.05) is 72.8 Å². The fourth-order valence-electron chi connectivity index (χ4n) is 2.95. The van der Waals surface area contributed by atoms with E-state index in [9.17, 15) is 0 Å². The van der Waals surface area contributed by atoms with Crippen molar-refractivity contribution < 1.29 is 4.74 Å². The van der Waals surface area contributed by atoms with Crippen molar-refractivity contribution in [3.05, 3.63) is 108 Å². The summed E-state index contributed by atoms with van der Waals surface area (Å²) in [5, 5.41) is 0. The van der Waals surface area contributed by atoms with E-state index in [-0.39, 0.29) is 12.2 Å². The Morgan fingerprint density at radius 2 is 1.52 bits per heavy atom. The molecule has 2 aromatic rings. The molecule has 0 saturated heterocycles. The fraction of sp³-hybridized carbons (Fsp3) is 0.0952. The number of rotatable bonds is 4. The summed E-state index contributed by atoms with van der Waals surface area (Å²) in [5.41, 5.74) is 4.42. The van der Waals surface area contributed by atoms with Crippen molar-refractivity contribution in [2.24, 2.45) is 4.99 Å². The van der Waals surface area contributed by atoms with Crippen molar-refractivity contribution in [3.63, 3.8) is 0 Å². The molecule has 4 rings (SSSR count). The molecule has 0 spiro atoms. The van der Waals surface area contributed by atoms with Gasteiger partial charge >= 0.3 is 0 Å². The van der Waals surface area contributed by atoms with Gasteiger partial charge in [0.25, 0.3) is 0 Å².